The predicted molar refractivity (Wildman–Crippen MR) is 83.6 cm³/mol. The average molecular weight is 267 g/mol. The zero-order valence-corrected chi connectivity index (χ0v) is 11.7. The number of aromatic nitrogens is 1. The van der Waals surface area contributed by atoms with Crippen LogP contribution in [0.5, 0.6) is 0 Å². The number of pyridine rings is 1. The molecule has 1 aromatic heterocycles. The van der Waals surface area contributed by atoms with Gasteiger partial charge in [-0.05, 0) is 61.6 Å². The summed E-state index contributed by atoms with van der Waals surface area (Å²) >= 11 is 0. The van der Waals surface area contributed by atoms with Gasteiger partial charge in [-0.2, -0.15) is 0 Å². The summed E-state index contributed by atoms with van der Waals surface area (Å²) in [6.07, 6.45) is 9.45. The fourth-order valence-electron chi connectivity index (χ4n) is 3.36. The minimum Gasteiger partial charge on any atom is -0.398 e. The lowest BCUT2D eigenvalue weighted by atomic mass is 9.97. The van der Waals surface area contributed by atoms with Crippen LogP contribution in [0.3, 0.4) is 0 Å². The number of hydrogen-bond acceptors (Lipinski definition) is 3. The Kier molecular flexibility index (Phi) is 2.79. The van der Waals surface area contributed by atoms with E-state index >= 15 is 0 Å². The van der Waals surface area contributed by atoms with Crippen LogP contribution in [0.4, 0.5) is 11.4 Å². The molecule has 0 amide bonds. The van der Waals surface area contributed by atoms with Crippen LogP contribution in [0.15, 0.2) is 30.6 Å². The van der Waals surface area contributed by atoms with E-state index in [4.69, 9.17) is 5.73 Å². The lowest BCUT2D eigenvalue weighted by Crippen LogP contribution is -2.18. The molecule has 1 aromatic carbocycles. The van der Waals surface area contributed by atoms with Crippen molar-refractivity contribution in [1.29, 1.82) is 0 Å². The van der Waals surface area contributed by atoms with Crippen LogP contribution in [0, 0.1) is 17.8 Å². The third-order valence-corrected chi connectivity index (χ3v) is 4.84. The Labute approximate surface area is 119 Å². The normalized spacial score (nSPS) is 18.6. The first-order valence-corrected chi connectivity index (χ1v) is 7.69. The van der Waals surface area contributed by atoms with Crippen LogP contribution >= 0.6 is 0 Å². The van der Waals surface area contributed by atoms with Crippen LogP contribution in [0.1, 0.15) is 25.7 Å². The number of benzene rings is 1. The van der Waals surface area contributed by atoms with E-state index in [2.05, 4.69) is 22.4 Å². The molecule has 2 fully saturated rings. The molecule has 0 saturated heterocycles. The highest BCUT2D eigenvalue weighted by Crippen LogP contribution is 2.49. The lowest BCUT2D eigenvalue weighted by Gasteiger charge is -2.18. The maximum absolute atomic E-state index is 6.03. The molecule has 0 aliphatic heterocycles. The fourth-order valence-corrected chi connectivity index (χ4v) is 3.36. The molecular formula is C17H21N3. The molecule has 0 radical (unpaired) electrons. The first-order valence-electron chi connectivity index (χ1n) is 7.69. The molecule has 2 aliphatic carbocycles. The lowest BCUT2D eigenvalue weighted by molar-refractivity contribution is 0.428. The highest BCUT2D eigenvalue weighted by Gasteiger charge is 2.40. The number of nitrogens with zero attached hydrogens (tertiary/aromatic N) is 1. The van der Waals surface area contributed by atoms with Crippen molar-refractivity contribution in [2.24, 2.45) is 17.8 Å². The van der Waals surface area contributed by atoms with Gasteiger partial charge in [-0.15, -0.1) is 0 Å². The molecule has 0 unspecified atom stereocenters. The van der Waals surface area contributed by atoms with Crippen molar-refractivity contribution in [2.75, 3.05) is 17.6 Å². The SMILES string of the molecule is Nc1ccc(NCC(C2CC2)C2CC2)c2ccncc12. The summed E-state index contributed by atoms with van der Waals surface area (Å²) in [7, 11) is 0. The van der Waals surface area contributed by atoms with Crippen LogP contribution in [-0.4, -0.2) is 11.5 Å². The van der Waals surface area contributed by atoms with Gasteiger partial charge in [-0.3, -0.25) is 4.98 Å². The number of nitrogen functional groups attached to an aromatic ring is 1. The predicted octanol–water partition coefficient (Wildman–Crippen LogP) is 3.67. The van der Waals surface area contributed by atoms with Gasteiger partial charge in [0.1, 0.15) is 0 Å². The molecule has 0 bridgehead atoms. The standard InChI is InChI=1S/C17H21N3/c18-16-5-6-17(13-7-8-19-9-15(13)16)20-10-14(11-1-2-11)12-3-4-12/h5-9,11-12,14,20H,1-4,10,18H2. The molecule has 2 aromatic rings. The van der Waals surface area contributed by atoms with Crippen molar-refractivity contribution in [2.45, 2.75) is 25.7 Å². The van der Waals surface area contributed by atoms with E-state index in [1.165, 1.54) is 36.8 Å². The topological polar surface area (TPSA) is 50.9 Å². The van der Waals surface area contributed by atoms with Gasteiger partial charge < -0.3 is 11.1 Å². The van der Waals surface area contributed by atoms with Crippen LogP contribution in [0.25, 0.3) is 10.8 Å². The molecule has 3 heteroatoms. The Hall–Kier alpha value is -1.77. The first-order chi connectivity index (χ1) is 9.83. The Morgan fingerprint density at radius 1 is 1.10 bits per heavy atom. The molecule has 104 valence electrons. The summed E-state index contributed by atoms with van der Waals surface area (Å²) in [5, 5.41) is 5.91. The second kappa shape index (κ2) is 4.65. The Bertz CT molecular complexity index is 617. The highest BCUT2D eigenvalue weighted by atomic mass is 14.9. The molecule has 1 heterocycles. The van der Waals surface area contributed by atoms with Crippen molar-refractivity contribution in [3.05, 3.63) is 30.6 Å². The zero-order valence-electron chi connectivity index (χ0n) is 11.7. The number of fused-ring (bicyclic) bond motifs is 1. The van der Waals surface area contributed by atoms with Gasteiger partial charge in [-0.25, -0.2) is 0 Å². The van der Waals surface area contributed by atoms with Gasteiger partial charge in [-0.1, -0.05) is 0 Å². The molecular weight excluding hydrogens is 246 g/mol. The summed E-state index contributed by atoms with van der Waals surface area (Å²) in [5.41, 5.74) is 8.03. The van der Waals surface area contributed by atoms with Gasteiger partial charge in [0.05, 0.1) is 0 Å². The smallest absolute Gasteiger partial charge is 0.0422 e. The van der Waals surface area contributed by atoms with E-state index in [1.807, 2.05) is 18.5 Å². The Morgan fingerprint density at radius 3 is 2.55 bits per heavy atom. The maximum atomic E-state index is 6.03. The number of anilines is 2. The summed E-state index contributed by atoms with van der Waals surface area (Å²) in [6, 6.07) is 6.14. The number of nitrogens with one attached hydrogen (secondary N) is 1. The Morgan fingerprint density at radius 2 is 1.85 bits per heavy atom. The zero-order chi connectivity index (χ0) is 13.5. The second-order valence-electron chi connectivity index (χ2n) is 6.34. The number of nitrogens with two attached hydrogens (primary N) is 1. The molecule has 0 atom stereocenters. The molecule has 2 saturated carbocycles. The molecule has 3 nitrogen and oxygen atoms in total. The third-order valence-electron chi connectivity index (χ3n) is 4.84. The molecule has 4 rings (SSSR count). The van der Waals surface area contributed by atoms with E-state index < -0.39 is 0 Å². The van der Waals surface area contributed by atoms with Crippen LogP contribution in [-0.2, 0) is 0 Å². The average Bonchev–Trinajstić information content (AvgIpc) is 3.36. The monoisotopic (exact) mass is 267 g/mol. The van der Waals surface area contributed by atoms with E-state index in [9.17, 15) is 0 Å². The van der Waals surface area contributed by atoms with Gasteiger partial charge in [0, 0.05) is 41.1 Å². The molecule has 0 spiro atoms. The first kappa shape index (κ1) is 12.0. The maximum Gasteiger partial charge on any atom is 0.0422 e. The summed E-state index contributed by atoms with van der Waals surface area (Å²) < 4.78 is 0. The highest BCUT2D eigenvalue weighted by molar-refractivity contribution is 6.00. The van der Waals surface area contributed by atoms with Crippen molar-refractivity contribution >= 4 is 22.1 Å². The van der Waals surface area contributed by atoms with Crippen LogP contribution in [0.2, 0.25) is 0 Å². The van der Waals surface area contributed by atoms with Crippen LogP contribution < -0.4 is 11.1 Å². The van der Waals surface area contributed by atoms with Crippen molar-refractivity contribution in [3.8, 4) is 0 Å². The van der Waals surface area contributed by atoms with E-state index in [0.717, 1.165) is 35.4 Å². The van der Waals surface area contributed by atoms with Gasteiger partial charge >= 0.3 is 0 Å². The summed E-state index contributed by atoms with van der Waals surface area (Å²) in [4.78, 5) is 4.18. The van der Waals surface area contributed by atoms with E-state index in [-0.39, 0.29) is 0 Å². The fraction of sp³-hybridized carbons (Fsp3) is 0.471. The molecule has 3 N–H and O–H groups in total. The molecule has 20 heavy (non-hydrogen) atoms. The van der Waals surface area contributed by atoms with Crippen molar-refractivity contribution in [3.63, 3.8) is 0 Å². The van der Waals surface area contributed by atoms with Crippen molar-refractivity contribution < 1.29 is 0 Å². The van der Waals surface area contributed by atoms with Gasteiger partial charge in [0.25, 0.3) is 0 Å². The van der Waals surface area contributed by atoms with Crippen molar-refractivity contribution in [1.82, 2.24) is 4.98 Å². The summed E-state index contributed by atoms with van der Waals surface area (Å²) in [5.74, 6) is 2.85. The minimum absolute atomic E-state index is 0.805. The van der Waals surface area contributed by atoms with E-state index in [1.54, 1.807) is 0 Å². The molecule has 2 aliphatic rings. The summed E-state index contributed by atoms with van der Waals surface area (Å²) in [6.45, 7) is 1.11. The van der Waals surface area contributed by atoms with Gasteiger partial charge in [0.2, 0.25) is 0 Å². The third kappa shape index (κ3) is 2.21. The quantitative estimate of drug-likeness (QED) is 0.813. The number of rotatable bonds is 5. The number of hydrogen-bond donors (Lipinski definition) is 2. The second-order valence-corrected chi connectivity index (χ2v) is 6.34. The van der Waals surface area contributed by atoms with Gasteiger partial charge in [0.15, 0.2) is 0 Å². The minimum atomic E-state index is 0.805. The Balaban J connectivity index is 1.57. The van der Waals surface area contributed by atoms with E-state index in [0.29, 0.717) is 0 Å². The largest absolute Gasteiger partial charge is 0.398 e.